The van der Waals surface area contributed by atoms with Crippen molar-refractivity contribution in [1.82, 2.24) is 30.1 Å². The van der Waals surface area contributed by atoms with Crippen molar-refractivity contribution in [3.8, 4) is 0 Å². The van der Waals surface area contributed by atoms with Gasteiger partial charge in [-0.15, -0.1) is 0 Å². The molecule has 0 saturated carbocycles. The minimum absolute atomic E-state index is 0.660. The third kappa shape index (κ3) is 1.69. The fourth-order valence-corrected chi connectivity index (χ4v) is 1.91. The first kappa shape index (κ1) is 10.7. The summed E-state index contributed by atoms with van der Waals surface area (Å²) in [6, 6.07) is 0. The molecule has 0 spiro atoms. The summed E-state index contributed by atoms with van der Waals surface area (Å²) in [4.78, 5) is 15.4. The van der Waals surface area contributed by atoms with Crippen molar-refractivity contribution >= 4 is 17.0 Å². The van der Waals surface area contributed by atoms with Gasteiger partial charge in [-0.2, -0.15) is 5.10 Å². The Hall–Kier alpha value is -2.44. The first-order chi connectivity index (χ1) is 8.75. The number of anilines is 1. The normalized spacial score (nSPS) is 11.0. The van der Waals surface area contributed by atoms with E-state index in [0.29, 0.717) is 12.2 Å². The van der Waals surface area contributed by atoms with E-state index in [2.05, 4.69) is 35.5 Å². The second-order valence-electron chi connectivity index (χ2n) is 4.09. The zero-order valence-electron chi connectivity index (χ0n) is 10.2. The summed E-state index contributed by atoms with van der Waals surface area (Å²) in [5, 5.41) is 10.4. The summed E-state index contributed by atoms with van der Waals surface area (Å²) in [7, 11) is 0. The first-order valence-corrected chi connectivity index (χ1v) is 5.64. The SMILES string of the molecule is Cc1n[nH]c(C)c1CNc1ncnc2nc[nH]c12. The summed E-state index contributed by atoms with van der Waals surface area (Å²) >= 11 is 0. The van der Waals surface area contributed by atoms with Gasteiger partial charge in [-0.3, -0.25) is 5.10 Å². The minimum Gasteiger partial charge on any atom is -0.364 e. The van der Waals surface area contributed by atoms with Crippen LogP contribution in [0.1, 0.15) is 17.0 Å². The number of hydrogen-bond acceptors (Lipinski definition) is 5. The van der Waals surface area contributed by atoms with Gasteiger partial charge in [-0.1, -0.05) is 0 Å². The summed E-state index contributed by atoms with van der Waals surface area (Å²) in [5.74, 6) is 0.748. The number of nitrogens with zero attached hydrogens (tertiary/aromatic N) is 4. The molecular weight excluding hydrogens is 230 g/mol. The largest absolute Gasteiger partial charge is 0.364 e. The average Bonchev–Trinajstić information content (AvgIpc) is 2.95. The standard InChI is InChI=1S/C11H13N7/c1-6-8(7(2)18-17-6)3-12-10-9-11(14-4-13-9)16-5-15-10/h4-5H,3H2,1-2H3,(H,17,18)(H2,12,13,14,15,16). The highest BCUT2D eigenvalue weighted by atomic mass is 15.1. The molecule has 3 aromatic heterocycles. The molecule has 3 aromatic rings. The fraction of sp³-hybridized carbons (Fsp3) is 0.273. The highest BCUT2D eigenvalue weighted by molar-refractivity contribution is 5.81. The lowest BCUT2D eigenvalue weighted by atomic mass is 10.2. The van der Waals surface area contributed by atoms with Crippen LogP contribution in [-0.4, -0.2) is 30.1 Å². The number of fused-ring (bicyclic) bond motifs is 1. The highest BCUT2D eigenvalue weighted by Gasteiger charge is 2.09. The van der Waals surface area contributed by atoms with E-state index in [9.17, 15) is 0 Å². The maximum Gasteiger partial charge on any atom is 0.182 e. The lowest BCUT2D eigenvalue weighted by Gasteiger charge is -2.06. The van der Waals surface area contributed by atoms with Gasteiger partial charge in [0.25, 0.3) is 0 Å². The maximum atomic E-state index is 4.21. The molecule has 92 valence electrons. The van der Waals surface area contributed by atoms with E-state index in [1.165, 1.54) is 6.33 Å². The number of rotatable bonds is 3. The summed E-state index contributed by atoms with van der Waals surface area (Å²) in [6.45, 7) is 4.65. The number of imidazole rings is 1. The Morgan fingerprint density at radius 2 is 2.11 bits per heavy atom. The number of H-pyrrole nitrogens is 2. The average molecular weight is 243 g/mol. The van der Waals surface area contributed by atoms with Gasteiger partial charge in [0.2, 0.25) is 0 Å². The molecule has 0 amide bonds. The molecule has 3 N–H and O–H groups in total. The second-order valence-corrected chi connectivity index (χ2v) is 4.09. The Morgan fingerprint density at radius 3 is 2.89 bits per heavy atom. The third-order valence-corrected chi connectivity index (χ3v) is 2.94. The topological polar surface area (TPSA) is 95.2 Å². The van der Waals surface area contributed by atoms with Crippen LogP contribution in [0.5, 0.6) is 0 Å². The van der Waals surface area contributed by atoms with Gasteiger partial charge in [0.15, 0.2) is 11.5 Å². The quantitative estimate of drug-likeness (QED) is 0.644. The molecule has 18 heavy (non-hydrogen) atoms. The van der Waals surface area contributed by atoms with Crippen molar-refractivity contribution in [3.63, 3.8) is 0 Å². The Labute approximate surface area is 103 Å². The molecule has 0 aliphatic rings. The number of aromatic amines is 2. The van der Waals surface area contributed by atoms with E-state index >= 15 is 0 Å². The van der Waals surface area contributed by atoms with Crippen LogP contribution in [0.15, 0.2) is 12.7 Å². The molecular formula is C11H13N7. The molecule has 3 rings (SSSR count). The molecule has 0 aromatic carbocycles. The van der Waals surface area contributed by atoms with E-state index in [1.54, 1.807) is 6.33 Å². The Bertz CT molecular complexity index is 662. The molecule has 0 atom stereocenters. The van der Waals surface area contributed by atoms with Gasteiger partial charge in [0, 0.05) is 17.8 Å². The molecule has 0 aliphatic carbocycles. The van der Waals surface area contributed by atoms with Crippen molar-refractivity contribution in [2.24, 2.45) is 0 Å². The van der Waals surface area contributed by atoms with Gasteiger partial charge in [0.1, 0.15) is 11.8 Å². The van der Waals surface area contributed by atoms with Crippen LogP contribution >= 0.6 is 0 Å². The zero-order chi connectivity index (χ0) is 12.5. The van der Waals surface area contributed by atoms with E-state index in [0.717, 1.165) is 28.3 Å². The molecule has 0 fully saturated rings. The van der Waals surface area contributed by atoms with Crippen LogP contribution in [0.2, 0.25) is 0 Å². The van der Waals surface area contributed by atoms with Gasteiger partial charge >= 0.3 is 0 Å². The van der Waals surface area contributed by atoms with Crippen LogP contribution < -0.4 is 5.32 Å². The fourth-order valence-electron chi connectivity index (χ4n) is 1.91. The smallest absolute Gasteiger partial charge is 0.182 e. The van der Waals surface area contributed by atoms with E-state index in [1.807, 2.05) is 13.8 Å². The third-order valence-electron chi connectivity index (χ3n) is 2.94. The molecule has 0 saturated heterocycles. The zero-order valence-corrected chi connectivity index (χ0v) is 10.2. The van der Waals surface area contributed by atoms with Crippen molar-refractivity contribution < 1.29 is 0 Å². The van der Waals surface area contributed by atoms with Crippen LogP contribution in [0.4, 0.5) is 5.82 Å². The predicted molar refractivity (Wildman–Crippen MR) is 67.1 cm³/mol. The van der Waals surface area contributed by atoms with Crippen molar-refractivity contribution in [2.75, 3.05) is 5.32 Å². The van der Waals surface area contributed by atoms with Crippen molar-refractivity contribution in [3.05, 3.63) is 29.6 Å². The monoisotopic (exact) mass is 243 g/mol. The molecule has 0 unspecified atom stereocenters. The minimum atomic E-state index is 0.660. The molecule has 0 aliphatic heterocycles. The second kappa shape index (κ2) is 4.10. The molecule has 7 nitrogen and oxygen atoms in total. The number of aryl methyl sites for hydroxylation is 2. The lowest BCUT2D eigenvalue weighted by molar-refractivity contribution is 1.02. The van der Waals surface area contributed by atoms with Crippen LogP contribution in [0, 0.1) is 13.8 Å². The number of aromatic nitrogens is 6. The van der Waals surface area contributed by atoms with Crippen molar-refractivity contribution in [1.29, 1.82) is 0 Å². The number of nitrogens with one attached hydrogen (secondary N) is 3. The van der Waals surface area contributed by atoms with Crippen LogP contribution in [0.25, 0.3) is 11.2 Å². The van der Waals surface area contributed by atoms with E-state index in [4.69, 9.17) is 0 Å². The van der Waals surface area contributed by atoms with Gasteiger partial charge in [-0.05, 0) is 13.8 Å². The van der Waals surface area contributed by atoms with Crippen molar-refractivity contribution in [2.45, 2.75) is 20.4 Å². The molecule has 3 heterocycles. The summed E-state index contributed by atoms with van der Waals surface area (Å²) < 4.78 is 0. The van der Waals surface area contributed by atoms with Gasteiger partial charge < -0.3 is 10.3 Å². The van der Waals surface area contributed by atoms with Gasteiger partial charge in [-0.25, -0.2) is 15.0 Å². The van der Waals surface area contributed by atoms with Crippen LogP contribution in [0.3, 0.4) is 0 Å². The van der Waals surface area contributed by atoms with E-state index < -0.39 is 0 Å². The Balaban J connectivity index is 1.87. The highest BCUT2D eigenvalue weighted by Crippen LogP contribution is 2.17. The molecule has 7 heteroatoms. The maximum absolute atomic E-state index is 4.21. The number of hydrogen-bond donors (Lipinski definition) is 3. The van der Waals surface area contributed by atoms with Gasteiger partial charge in [0.05, 0.1) is 12.0 Å². The molecule has 0 bridgehead atoms. The Kier molecular flexibility index (Phi) is 2.44. The predicted octanol–water partition coefficient (Wildman–Crippen LogP) is 1.30. The van der Waals surface area contributed by atoms with E-state index in [-0.39, 0.29) is 0 Å². The first-order valence-electron chi connectivity index (χ1n) is 5.64. The lowest BCUT2D eigenvalue weighted by Crippen LogP contribution is -2.04. The molecule has 0 radical (unpaired) electrons. The van der Waals surface area contributed by atoms with Crippen LogP contribution in [-0.2, 0) is 6.54 Å². The Morgan fingerprint density at radius 1 is 1.22 bits per heavy atom. The summed E-state index contributed by atoms with van der Waals surface area (Å²) in [6.07, 6.45) is 3.11. The summed E-state index contributed by atoms with van der Waals surface area (Å²) in [5.41, 5.74) is 4.69.